The number of benzene rings is 3. The second-order valence-corrected chi connectivity index (χ2v) is 13.8. The number of rotatable bonds is 13. The Hall–Kier alpha value is -5.07. The van der Waals surface area contributed by atoms with Gasteiger partial charge in [0.25, 0.3) is 11.8 Å². The maximum atomic E-state index is 15.2. The van der Waals surface area contributed by atoms with Crippen molar-refractivity contribution in [2.45, 2.75) is 65.5 Å². The molecule has 11 nitrogen and oxygen atoms in total. The summed E-state index contributed by atoms with van der Waals surface area (Å²) < 4.78 is 27.3. The zero-order chi connectivity index (χ0) is 36.6. The molecule has 1 aromatic heterocycles. The number of halogens is 1. The first kappa shape index (κ1) is 36.7. The number of anilines is 3. The third-order valence-electron chi connectivity index (χ3n) is 9.74. The van der Waals surface area contributed by atoms with Gasteiger partial charge >= 0.3 is 0 Å². The number of hydrogen-bond acceptors (Lipinski definition) is 9. The van der Waals surface area contributed by atoms with E-state index in [4.69, 9.17) is 9.47 Å². The molecule has 0 unspecified atom stereocenters. The van der Waals surface area contributed by atoms with Crippen LogP contribution < -0.4 is 25.4 Å². The second-order valence-electron chi connectivity index (χ2n) is 13.8. The highest BCUT2D eigenvalue weighted by atomic mass is 19.1. The van der Waals surface area contributed by atoms with Gasteiger partial charge in [-0.2, -0.15) is 4.98 Å². The molecule has 3 N–H and O–H groups in total. The Morgan fingerprint density at radius 2 is 1.63 bits per heavy atom. The number of carbonyl (C=O) groups is 2. The van der Waals surface area contributed by atoms with E-state index in [1.807, 2.05) is 32.0 Å². The minimum Gasteiger partial charge on any atom is -0.489 e. The SMILES string of the molecule is Cc1cccc(C)c1NC(=O)c1cnc(Nc2ccc(OCCN3CCN(C(C)C)CC3)c(F)c2)nc1Oc1ccccc1C(=O)NC1CCCC1. The Bertz CT molecular complexity index is 1850. The summed E-state index contributed by atoms with van der Waals surface area (Å²) in [6.07, 6.45) is 5.37. The average Bonchev–Trinajstić information content (AvgIpc) is 3.64. The van der Waals surface area contributed by atoms with E-state index in [1.165, 1.54) is 12.3 Å². The Morgan fingerprint density at radius 3 is 2.35 bits per heavy atom. The summed E-state index contributed by atoms with van der Waals surface area (Å²) in [7, 11) is 0. The highest BCUT2D eigenvalue weighted by Gasteiger charge is 2.24. The van der Waals surface area contributed by atoms with Gasteiger partial charge in [-0.15, -0.1) is 0 Å². The molecule has 2 heterocycles. The van der Waals surface area contributed by atoms with Gasteiger partial charge in [0, 0.05) is 68.4 Å². The molecule has 1 aliphatic carbocycles. The average molecular weight is 710 g/mol. The van der Waals surface area contributed by atoms with Crippen LogP contribution in [0.25, 0.3) is 0 Å². The number of nitrogens with zero attached hydrogens (tertiary/aromatic N) is 4. The molecule has 2 amide bonds. The van der Waals surface area contributed by atoms with Crippen LogP contribution in [0.15, 0.2) is 66.9 Å². The largest absolute Gasteiger partial charge is 0.489 e. The fourth-order valence-electron chi connectivity index (χ4n) is 6.65. The smallest absolute Gasteiger partial charge is 0.262 e. The van der Waals surface area contributed by atoms with Crippen LogP contribution in [0.4, 0.5) is 21.7 Å². The van der Waals surface area contributed by atoms with Crippen molar-refractivity contribution < 1.29 is 23.5 Å². The first-order valence-corrected chi connectivity index (χ1v) is 18.1. The zero-order valence-electron chi connectivity index (χ0n) is 30.4. The van der Waals surface area contributed by atoms with Crippen molar-refractivity contribution in [3.8, 4) is 17.4 Å². The monoisotopic (exact) mass is 709 g/mol. The van der Waals surface area contributed by atoms with E-state index in [2.05, 4.69) is 49.6 Å². The topological polar surface area (TPSA) is 121 Å². The molecule has 4 aromatic rings. The molecule has 52 heavy (non-hydrogen) atoms. The molecular formula is C40H48FN7O4. The van der Waals surface area contributed by atoms with Crippen LogP contribution in [0.5, 0.6) is 17.4 Å². The van der Waals surface area contributed by atoms with Gasteiger partial charge in [0.1, 0.15) is 17.9 Å². The number of aromatic nitrogens is 2. The number of para-hydroxylation sites is 2. The van der Waals surface area contributed by atoms with Gasteiger partial charge in [-0.3, -0.25) is 19.4 Å². The lowest BCUT2D eigenvalue weighted by Gasteiger charge is -2.36. The van der Waals surface area contributed by atoms with Crippen molar-refractivity contribution in [1.29, 1.82) is 0 Å². The molecule has 6 rings (SSSR count). The molecule has 12 heteroatoms. The summed E-state index contributed by atoms with van der Waals surface area (Å²) >= 11 is 0. The summed E-state index contributed by atoms with van der Waals surface area (Å²) in [4.78, 5) is 40.7. The van der Waals surface area contributed by atoms with Crippen molar-refractivity contribution in [3.63, 3.8) is 0 Å². The fraction of sp³-hybridized carbons (Fsp3) is 0.400. The van der Waals surface area contributed by atoms with Gasteiger partial charge in [0.05, 0.1) is 5.56 Å². The first-order chi connectivity index (χ1) is 25.1. The van der Waals surface area contributed by atoms with Crippen LogP contribution in [0.1, 0.15) is 71.4 Å². The van der Waals surface area contributed by atoms with Crippen molar-refractivity contribution in [3.05, 3.63) is 94.9 Å². The Morgan fingerprint density at radius 1 is 0.904 bits per heavy atom. The van der Waals surface area contributed by atoms with E-state index in [0.29, 0.717) is 29.6 Å². The number of piperazine rings is 1. The van der Waals surface area contributed by atoms with E-state index in [1.54, 1.807) is 36.4 Å². The Kier molecular flexibility index (Phi) is 12.0. The normalized spacial score (nSPS) is 15.4. The van der Waals surface area contributed by atoms with E-state index in [-0.39, 0.29) is 40.8 Å². The Balaban J connectivity index is 1.19. The lowest BCUT2D eigenvalue weighted by Crippen LogP contribution is -2.49. The first-order valence-electron chi connectivity index (χ1n) is 18.1. The number of nitrogens with one attached hydrogen (secondary N) is 3. The quantitative estimate of drug-likeness (QED) is 0.134. The van der Waals surface area contributed by atoms with Gasteiger partial charge in [0.2, 0.25) is 11.8 Å². The number of ether oxygens (including phenoxy) is 2. The van der Waals surface area contributed by atoms with Gasteiger partial charge in [-0.25, -0.2) is 9.37 Å². The molecule has 3 aromatic carbocycles. The van der Waals surface area contributed by atoms with Gasteiger partial charge < -0.3 is 25.4 Å². The summed E-state index contributed by atoms with van der Waals surface area (Å²) in [6, 6.07) is 17.8. The van der Waals surface area contributed by atoms with Crippen molar-refractivity contribution in [1.82, 2.24) is 25.1 Å². The Labute approximate surface area is 304 Å². The predicted octanol–water partition coefficient (Wildman–Crippen LogP) is 7.10. The third-order valence-corrected chi connectivity index (χ3v) is 9.74. The van der Waals surface area contributed by atoms with Gasteiger partial charge in [-0.1, -0.05) is 43.2 Å². The fourth-order valence-corrected chi connectivity index (χ4v) is 6.65. The zero-order valence-corrected chi connectivity index (χ0v) is 30.4. The maximum absolute atomic E-state index is 15.2. The van der Waals surface area contributed by atoms with Crippen LogP contribution in [-0.2, 0) is 0 Å². The predicted molar refractivity (Wildman–Crippen MR) is 200 cm³/mol. The standard InChI is InChI=1S/C40H48FN7O4/c1-26(2)48-20-18-47(19-21-48)22-23-51-35-17-16-30(24-33(35)41)44-40-42-25-32(38(50)45-36-27(3)10-9-11-28(36)4)39(46-40)52-34-15-8-7-14-31(34)37(49)43-29-12-5-6-13-29/h7-11,14-17,24-26,29H,5-6,12-13,18-23H2,1-4H3,(H,43,49)(H,45,50)(H,42,44,46). The molecule has 0 radical (unpaired) electrons. The maximum Gasteiger partial charge on any atom is 0.262 e. The van der Waals surface area contributed by atoms with Crippen LogP contribution in [0, 0.1) is 19.7 Å². The number of aryl methyl sites for hydroxylation is 2. The van der Waals surface area contributed by atoms with Crippen LogP contribution >= 0.6 is 0 Å². The number of amides is 2. The van der Waals surface area contributed by atoms with E-state index >= 15 is 4.39 Å². The lowest BCUT2D eigenvalue weighted by atomic mass is 10.1. The third kappa shape index (κ3) is 9.23. The van der Waals surface area contributed by atoms with E-state index in [0.717, 1.165) is 69.5 Å². The molecule has 2 fully saturated rings. The highest BCUT2D eigenvalue weighted by Crippen LogP contribution is 2.31. The number of carbonyl (C=O) groups excluding carboxylic acids is 2. The molecule has 274 valence electrons. The molecule has 2 aliphatic rings. The summed E-state index contributed by atoms with van der Waals surface area (Å²) in [5.74, 6) is -0.889. The van der Waals surface area contributed by atoms with Crippen molar-refractivity contribution in [2.24, 2.45) is 0 Å². The van der Waals surface area contributed by atoms with Crippen molar-refractivity contribution >= 4 is 29.1 Å². The molecule has 0 bridgehead atoms. The molecular weight excluding hydrogens is 661 g/mol. The molecule has 0 atom stereocenters. The molecule has 1 aliphatic heterocycles. The minimum absolute atomic E-state index is 0.0553. The van der Waals surface area contributed by atoms with Gasteiger partial charge in [-0.05, 0) is 75.9 Å². The van der Waals surface area contributed by atoms with Crippen LogP contribution in [0.3, 0.4) is 0 Å². The van der Waals surface area contributed by atoms with Crippen LogP contribution in [0.2, 0.25) is 0 Å². The van der Waals surface area contributed by atoms with Crippen LogP contribution in [-0.4, -0.2) is 83.0 Å². The highest BCUT2D eigenvalue weighted by molar-refractivity contribution is 6.06. The summed E-state index contributed by atoms with van der Waals surface area (Å²) in [6.45, 7) is 13.3. The molecule has 1 saturated heterocycles. The lowest BCUT2D eigenvalue weighted by molar-refractivity contribution is 0.0935. The van der Waals surface area contributed by atoms with Gasteiger partial charge in [0.15, 0.2) is 11.6 Å². The van der Waals surface area contributed by atoms with E-state index < -0.39 is 11.7 Å². The molecule has 0 spiro atoms. The molecule has 1 saturated carbocycles. The van der Waals surface area contributed by atoms with Crippen molar-refractivity contribution in [2.75, 3.05) is 50.0 Å². The summed E-state index contributed by atoms with van der Waals surface area (Å²) in [5.41, 5.74) is 3.21. The van der Waals surface area contributed by atoms with E-state index in [9.17, 15) is 9.59 Å². The number of hydrogen-bond donors (Lipinski definition) is 3. The summed E-state index contributed by atoms with van der Waals surface area (Å²) in [5, 5.41) is 9.08. The second kappa shape index (κ2) is 17.0. The minimum atomic E-state index is -0.530.